The van der Waals surface area contributed by atoms with E-state index in [0.29, 0.717) is 17.2 Å². The van der Waals surface area contributed by atoms with Crippen LogP contribution < -0.4 is 11.1 Å². The molecule has 1 fully saturated rings. The van der Waals surface area contributed by atoms with Crippen LogP contribution in [-0.2, 0) is 17.3 Å². The number of carbonyl (C=O) groups is 2. The summed E-state index contributed by atoms with van der Waals surface area (Å²) in [5.41, 5.74) is 6.57. The van der Waals surface area contributed by atoms with Gasteiger partial charge in [0, 0.05) is 31.1 Å². The van der Waals surface area contributed by atoms with Gasteiger partial charge in [-0.25, -0.2) is 0 Å². The number of hydrogen-bond donors (Lipinski definition) is 2. The molecule has 0 bridgehead atoms. The van der Waals surface area contributed by atoms with Gasteiger partial charge in [-0.2, -0.15) is 5.10 Å². The molecule has 10 heteroatoms. The Kier molecular flexibility index (Phi) is 5.80. The fourth-order valence-electron chi connectivity index (χ4n) is 3.36. The molecule has 0 aromatic carbocycles. The van der Waals surface area contributed by atoms with Gasteiger partial charge in [0.25, 0.3) is 5.91 Å². The minimum atomic E-state index is -0.469. The molecule has 0 spiro atoms. The second-order valence-corrected chi connectivity index (χ2v) is 9.23. The average Bonchev–Trinajstić information content (AvgIpc) is 3.21. The lowest BCUT2D eigenvalue weighted by Crippen LogP contribution is -2.40. The minimum Gasteiger partial charge on any atom is -0.365 e. The summed E-state index contributed by atoms with van der Waals surface area (Å²) >= 11 is 1.40. The van der Waals surface area contributed by atoms with E-state index >= 15 is 0 Å². The first-order chi connectivity index (χ1) is 13.1. The molecule has 1 atom stereocenters. The third-order valence-corrected chi connectivity index (χ3v) is 5.96. The molecule has 2 aromatic rings. The van der Waals surface area contributed by atoms with E-state index in [0.717, 1.165) is 30.1 Å². The minimum absolute atomic E-state index is 0.0827. The molecule has 0 saturated carbocycles. The Balaban J connectivity index is 1.61. The molecule has 3 heterocycles. The fourth-order valence-corrected chi connectivity index (χ4v) is 4.18. The van der Waals surface area contributed by atoms with Crippen molar-refractivity contribution in [2.45, 2.75) is 44.9 Å². The highest BCUT2D eigenvalue weighted by molar-refractivity contribution is 7.15. The number of likely N-dealkylation sites (tertiary alicyclic amines) is 1. The molecule has 3 N–H and O–H groups in total. The Morgan fingerprint density at radius 2 is 2.11 bits per heavy atom. The topological polar surface area (TPSA) is 119 Å². The van der Waals surface area contributed by atoms with Crippen LogP contribution in [0.5, 0.6) is 0 Å². The molecule has 0 unspecified atom stereocenters. The predicted octanol–water partition coefficient (Wildman–Crippen LogP) is 1.49. The lowest BCUT2D eigenvalue weighted by Gasteiger charge is -2.31. The first-order valence-electron chi connectivity index (χ1n) is 9.33. The number of piperidine rings is 1. The maximum absolute atomic E-state index is 12.5. The first-order valence-corrected chi connectivity index (χ1v) is 10.1. The summed E-state index contributed by atoms with van der Waals surface area (Å²) in [6.45, 7) is 7.93. The molecule has 9 nitrogen and oxygen atoms in total. The van der Waals surface area contributed by atoms with Gasteiger partial charge in [0.15, 0.2) is 0 Å². The van der Waals surface area contributed by atoms with Gasteiger partial charge in [0.1, 0.15) is 5.01 Å². The molecular weight excluding hydrogens is 378 g/mol. The van der Waals surface area contributed by atoms with E-state index in [-0.39, 0.29) is 23.8 Å². The number of hydrogen-bond acceptors (Lipinski definition) is 7. The zero-order chi connectivity index (χ0) is 20.5. The van der Waals surface area contributed by atoms with Crippen molar-refractivity contribution in [3.05, 3.63) is 22.5 Å². The summed E-state index contributed by atoms with van der Waals surface area (Å²) in [6.07, 6.45) is 3.51. The zero-order valence-corrected chi connectivity index (χ0v) is 17.5. The lowest BCUT2D eigenvalue weighted by atomic mass is 9.92. The molecule has 1 aliphatic rings. The molecule has 28 heavy (non-hydrogen) atoms. The van der Waals surface area contributed by atoms with Crippen LogP contribution in [0.2, 0.25) is 0 Å². The van der Waals surface area contributed by atoms with Crippen LogP contribution in [0.4, 0.5) is 5.13 Å². The lowest BCUT2D eigenvalue weighted by molar-refractivity contribution is -0.117. The molecule has 0 radical (unpaired) electrons. The summed E-state index contributed by atoms with van der Waals surface area (Å²) in [4.78, 5) is 26.2. The van der Waals surface area contributed by atoms with Crippen LogP contribution in [0.15, 0.2) is 6.20 Å². The highest BCUT2D eigenvalue weighted by Crippen LogP contribution is 2.29. The first kappa shape index (κ1) is 20.4. The van der Waals surface area contributed by atoms with Crippen LogP contribution in [0.25, 0.3) is 0 Å². The second-order valence-electron chi connectivity index (χ2n) is 8.25. The number of nitrogens with zero attached hydrogens (tertiary/aromatic N) is 5. The molecule has 2 aromatic heterocycles. The number of nitrogens with one attached hydrogen (secondary N) is 1. The number of rotatable bonds is 5. The quantitative estimate of drug-likeness (QED) is 0.778. The van der Waals surface area contributed by atoms with Gasteiger partial charge in [-0.1, -0.05) is 32.1 Å². The number of anilines is 1. The van der Waals surface area contributed by atoms with Gasteiger partial charge in [0.05, 0.1) is 17.8 Å². The van der Waals surface area contributed by atoms with Gasteiger partial charge in [-0.3, -0.25) is 24.5 Å². The van der Waals surface area contributed by atoms with Gasteiger partial charge in [-0.05, 0) is 19.4 Å². The van der Waals surface area contributed by atoms with Crippen molar-refractivity contribution in [1.82, 2.24) is 24.9 Å². The van der Waals surface area contributed by atoms with E-state index in [9.17, 15) is 9.59 Å². The highest BCUT2D eigenvalue weighted by Gasteiger charge is 2.28. The van der Waals surface area contributed by atoms with E-state index in [1.54, 1.807) is 17.9 Å². The molecule has 152 valence electrons. The fraction of sp³-hybridized carbons (Fsp3) is 0.611. The summed E-state index contributed by atoms with van der Waals surface area (Å²) in [7, 11) is 1.78. The largest absolute Gasteiger partial charge is 0.365 e. The SMILES string of the molecule is Cn1cc(C(N)=O)c([C@@H]2CCCN(CC(=O)Nc3nnc(C(C)(C)C)s3)C2)n1. The smallest absolute Gasteiger partial charge is 0.252 e. The number of nitrogens with two attached hydrogens (primary N) is 1. The Bertz CT molecular complexity index is 868. The monoisotopic (exact) mass is 405 g/mol. The Morgan fingerprint density at radius 1 is 1.36 bits per heavy atom. The number of aromatic nitrogens is 4. The summed E-state index contributed by atoms with van der Waals surface area (Å²) < 4.78 is 1.61. The van der Waals surface area contributed by atoms with E-state index in [1.165, 1.54) is 11.3 Å². The number of primary amides is 1. The Labute approximate surface area is 168 Å². The number of carbonyl (C=O) groups excluding carboxylic acids is 2. The number of amides is 2. The van der Waals surface area contributed by atoms with Crippen molar-refractivity contribution in [2.75, 3.05) is 25.0 Å². The van der Waals surface area contributed by atoms with Crippen molar-refractivity contribution in [3.63, 3.8) is 0 Å². The third-order valence-electron chi connectivity index (χ3n) is 4.70. The summed E-state index contributed by atoms with van der Waals surface area (Å²) in [6, 6.07) is 0. The number of aryl methyl sites for hydroxylation is 1. The van der Waals surface area contributed by atoms with Crippen molar-refractivity contribution in [1.29, 1.82) is 0 Å². The van der Waals surface area contributed by atoms with E-state index in [2.05, 4.69) is 46.3 Å². The van der Waals surface area contributed by atoms with Crippen LogP contribution in [0.3, 0.4) is 0 Å². The molecule has 0 aliphatic carbocycles. The van der Waals surface area contributed by atoms with E-state index in [1.807, 2.05) is 0 Å². The maximum atomic E-state index is 12.5. The standard InChI is InChI=1S/C18H27N7O2S/c1-18(2,3)16-21-22-17(28-16)20-13(26)10-25-7-5-6-11(8-25)14-12(15(19)27)9-24(4)23-14/h9,11H,5-8,10H2,1-4H3,(H2,19,27)(H,20,22,26)/t11-/m1/s1. The second kappa shape index (κ2) is 7.96. The van der Waals surface area contributed by atoms with Gasteiger partial charge >= 0.3 is 0 Å². The van der Waals surface area contributed by atoms with Crippen LogP contribution in [0.1, 0.15) is 60.6 Å². The maximum Gasteiger partial charge on any atom is 0.252 e. The van der Waals surface area contributed by atoms with Crippen molar-refractivity contribution >= 4 is 28.3 Å². The molecule has 3 rings (SSSR count). The van der Waals surface area contributed by atoms with Gasteiger partial charge < -0.3 is 5.73 Å². The van der Waals surface area contributed by atoms with Gasteiger partial charge in [-0.15, -0.1) is 10.2 Å². The Morgan fingerprint density at radius 3 is 2.75 bits per heavy atom. The normalized spacial score (nSPS) is 18.2. The molecular formula is C18H27N7O2S. The van der Waals surface area contributed by atoms with E-state index in [4.69, 9.17) is 5.73 Å². The predicted molar refractivity (Wildman–Crippen MR) is 107 cm³/mol. The van der Waals surface area contributed by atoms with Crippen LogP contribution >= 0.6 is 11.3 Å². The summed E-state index contributed by atoms with van der Waals surface area (Å²) in [5.74, 6) is -0.503. The highest BCUT2D eigenvalue weighted by atomic mass is 32.1. The van der Waals surface area contributed by atoms with Crippen molar-refractivity contribution in [3.8, 4) is 0 Å². The van der Waals surface area contributed by atoms with Crippen LogP contribution in [-0.4, -0.2) is 56.3 Å². The average molecular weight is 406 g/mol. The van der Waals surface area contributed by atoms with Crippen molar-refractivity contribution < 1.29 is 9.59 Å². The molecule has 2 amide bonds. The zero-order valence-electron chi connectivity index (χ0n) is 16.7. The molecule has 1 saturated heterocycles. The third kappa shape index (κ3) is 4.74. The summed E-state index contributed by atoms with van der Waals surface area (Å²) in [5, 5.41) is 16.9. The van der Waals surface area contributed by atoms with Crippen LogP contribution in [0, 0.1) is 0 Å². The van der Waals surface area contributed by atoms with Gasteiger partial charge in [0.2, 0.25) is 11.0 Å². The Hall–Kier alpha value is -2.33. The molecule has 1 aliphatic heterocycles. The van der Waals surface area contributed by atoms with E-state index < -0.39 is 5.91 Å². The van der Waals surface area contributed by atoms with Crippen molar-refractivity contribution in [2.24, 2.45) is 12.8 Å².